The highest BCUT2D eigenvalue weighted by Crippen LogP contribution is 2.33. The molecule has 0 N–H and O–H groups in total. The highest BCUT2D eigenvalue weighted by Gasteiger charge is 2.34. The van der Waals surface area contributed by atoms with Crippen LogP contribution in [0, 0.1) is 11.6 Å². The maximum absolute atomic E-state index is 14.0. The lowest BCUT2D eigenvalue weighted by Gasteiger charge is -2.24. The van der Waals surface area contributed by atoms with Gasteiger partial charge >= 0.3 is 6.11 Å². The van der Waals surface area contributed by atoms with E-state index in [1.54, 1.807) is 6.92 Å². The minimum Gasteiger partial charge on any atom is -0.491 e. The van der Waals surface area contributed by atoms with E-state index in [0.717, 1.165) is 30.5 Å². The second kappa shape index (κ2) is 9.26. The van der Waals surface area contributed by atoms with Crippen LogP contribution in [0.5, 0.6) is 11.5 Å². The van der Waals surface area contributed by atoms with Crippen LogP contribution in [0.3, 0.4) is 0 Å². The van der Waals surface area contributed by atoms with Gasteiger partial charge in [0.25, 0.3) is 0 Å². The van der Waals surface area contributed by atoms with Crippen LogP contribution < -0.4 is 9.47 Å². The molecule has 0 amide bonds. The summed E-state index contributed by atoms with van der Waals surface area (Å²) in [4.78, 5) is 0. The fraction of sp³-hybridized carbons (Fsp3) is 0.579. The molecule has 1 heterocycles. The number of rotatable bonds is 9. The van der Waals surface area contributed by atoms with E-state index < -0.39 is 29.9 Å². The van der Waals surface area contributed by atoms with E-state index in [2.05, 4.69) is 11.7 Å². The molecule has 1 atom stereocenters. The van der Waals surface area contributed by atoms with E-state index in [0.29, 0.717) is 13.0 Å². The van der Waals surface area contributed by atoms with E-state index in [1.807, 2.05) is 6.08 Å². The minimum absolute atomic E-state index is 0.0625. The van der Waals surface area contributed by atoms with E-state index in [9.17, 15) is 17.6 Å². The van der Waals surface area contributed by atoms with Crippen molar-refractivity contribution in [3.8, 4) is 11.5 Å². The molecule has 1 aliphatic rings. The first-order chi connectivity index (χ1) is 12.4. The molecule has 0 bridgehead atoms. The average molecular weight is 376 g/mol. The first-order valence-electron chi connectivity index (χ1n) is 8.83. The Morgan fingerprint density at radius 1 is 1.15 bits per heavy atom. The maximum atomic E-state index is 14.0. The predicted molar refractivity (Wildman–Crippen MR) is 89.7 cm³/mol. The predicted octanol–water partition coefficient (Wildman–Crippen LogP) is 5.63. The number of alkyl halides is 2. The van der Waals surface area contributed by atoms with Crippen LogP contribution in [0.4, 0.5) is 17.6 Å². The Hall–Kier alpha value is -1.76. The third kappa shape index (κ3) is 5.62. The average Bonchev–Trinajstić information content (AvgIpc) is 2.61. The topological polar surface area (TPSA) is 27.7 Å². The maximum Gasteiger partial charge on any atom is 0.398 e. The number of hydrogen-bond donors (Lipinski definition) is 0. The summed E-state index contributed by atoms with van der Waals surface area (Å²) in [6.45, 7) is 4.10. The van der Waals surface area contributed by atoms with Crippen LogP contribution in [0.15, 0.2) is 23.8 Å². The summed E-state index contributed by atoms with van der Waals surface area (Å²) >= 11 is 0. The van der Waals surface area contributed by atoms with Gasteiger partial charge in [0.05, 0.1) is 25.7 Å². The normalized spacial score (nSPS) is 17.8. The van der Waals surface area contributed by atoms with Gasteiger partial charge in [-0.15, -0.1) is 0 Å². The van der Waals surface area contributed by atoms with E-state index in [4.69, 9.17) is 9.47 Å². The van der Waals surface area contributed by atoms with Gasteiger partial charge in [0.2, 0.25) is 11.6 Å². The summed E-state index contributed by atoms with van der Waals surface area (Å²) in [5.74, 6) is -4.01. The van der Waals surface area contributed by atoms with Crippen molar-refractivity contribution in [1.29, 1.82) is 0 Å². The molecule has 0 aliphatic carbocycles. The van der Waals surface area contributed by atoms with Gasteiger partial charge in [-0.25, -0.2) is 0 Å². The summed E-state index contributed by atoms with van der Waals surface area (Å²) in [5, 5.41) is 0. The van der Waals surface area contributed by atoms with Gasteiger partial charge in [-0.05, 0) is 43.9 Å². The molecule has 146 valence electrons. The van der Waals surface area contributed by atoms with Crippen LogP contribution in [0.1, 0.15) is 46.0 Å². The third-order valence-corrected chi connectivity index (χ3v) is 4.09. The first kappa shape index (κ1) is 20.6. The van der Waals surface area contributed by atoms with E-state index in [1.165, 1.54) is 0 Å². The first-order valence-corrected chi connectivity index (χ1v) is 8.83. The van der Waals surface area contributed by atoms with Crippen molar-refractivity contribution in [2.45, 2.75) is 58.2 Å². The van der Waals surface area contributed by atoms with Crippen LogP contribution in [-0.4, -0.2) is 25.4 Å². The zero-order valence-electron chi connectivity index (χ0n) is 15.0. The molecule has 1 unspecified atom stereocenters. The molecule has 0 radical (unpaired) electrons. The largest absolute Gasteiger partial charge is 0.491 e. The van der Waals surface area contributed by atoms with Crippen LogP contribution >= 0.6 is 0 Å². The molecular weight excluding hydrogens is 352 g/mol. The molecular formula is C19H24F4O3. The zero-order valence-corrected chi connectivity index (χ0v) is 15.0. The van der Waals surface area contributed by atoms with Gasteiger partial charge in [-0.1, -0.05) is 19.4 Å². The second-order valence-corrected chi connectivity index (χ2v) is 6.18. The van der Waals surface area contributed by atoms with Crippen molar-refractivity contribution in [2.75, 3.05) is 13.2 Å². The van der Waals surface area contributed by atoms with Gasteiger partial charge in [0.1, 0.15) is 0 Å². The highest BCUT2D eigenvalue weighted by atomic mass is 19.3. The molecule has 0 saturated carbocycles. The lowest BCUT2D eigenvalue weighted by Crippen LogP contribution is -2.26. The SMILES string of the molecule is CCCC1CC=C(CCC(F)(F)Oc2ccc(OCC)c(F)c2F)CO1. The van der Waals surface area contributed by atoms with E-state index in [-0.39, 0.29) is 24.9 Å². The number of benzene rings is 1. The fourth-order valence-electron chi connectivity index (χ4n) is 2.73. The van der Waals surface area contributed by atoms with Gasteiger partial charge in [-0.2, -0.15) is 17.6 Å². The summed E-state index contributed by atoms with van der Waals surface area (Å²) in [6, 6.07) is 2.01. The van der Waals surface area contributed by atoms with Crippen molar-refractivity contribution >= 4 is 0 Å². The Labute approximate surface area is 150 Å². The van der Waals surface area contributed by atoms with Gasteiger partial charge in [0, 0.05) is 0 Å². The Morgan fingerprint density at radius 2 is 1.85 bits per heavy atom. The van der Waals surface area contributed by atoms with Crippen LogP contribution in [0.25, 0.3) is 0 Å². The molecule has 1 aromatic carbocycles. The molecule has 7 heteroatoms. The summed E-state index contributed by atoms with van der Waals surface area (Å²) < 4.78 is 70.6. The monoisotopic (exact) mass is 376 g/mol. The number of hydrogen-bond acceptors (Lipinski definition) is 3. The number of ether oxygens (including phenoxy) is 3. The molecule has 26 heavy (non-hydrogen) atoms. The second-order valence-electron chi connectivity index (χ2n) is 6.18. The van der Waals surface area contributed by atoms with Crippen LogP contribution in [0.2, 0.25) is 0 Å². The summed E-state index contributed by atoms with van der Waals surface area (Å²) in [5.41, 5.74) is 0.763. The minimum atomic E-state index is -3.62. The quantitative estimate of drug-likeness (QED) is 0.413. The molecule has 1 aromatic rings. The molecule has 1 aliphatic heterocycles. The zero-order chi connectivity index (χ0) is 19.2. The van der Waals surface area contributed by atoms with Crippen molar-refractivity contribution in [3.05, 3.63) is 35.4 Å². The van der Waals surface area contributed by atoms with Gasteiger partial charge in [0.15, 0.2) is 11.5 Å². The Bertz CT molecular complexity index is 631. The molecule has 0 fully saturated rings. The van der Waals surface area contributed by atoms with Crippen molar-refractivity contribution in [2.24, 2.45) is 0 Å². The molecule has 2 rings (SSSR count). The van der Waals surface area contributed by atoms with Gasteiger partial charge < -0.3 is 14.2 Å². The van der Waals surface area contributed by atoms with Crippen molar-refractivity contribution < 1.29 is 31.8 Å². The van der Waals surface area contributed by atoms with Crippen LogP contribution in [-0.2, 0) is 4.74 Å². The van der Waals surface area contributed by atoms with E-state index >= 15 is 0 Å². The van der Waals surface area contributed by atoms with Crippen molar-refractivity contribution in [3.63, 3.8) is 0 Å². The standard InChI is InChI=1S/C19H24F4O3/c1-3-5-14-7-6-13(12-25-14)10-11-19(22,23)26-16-9-8-15(24-4-2)17(20)18(16)21/h6,8-9,14H,3-5,7,10-12H2,1-2H3. The molecule has 0 saturated heterocycles. The third-order valence-electron chi connectivity index (χ3n) is 4.09. The lowest BCUT2D eigenvalue weighted by molar-refractivity contribution is -0.182. The van der Waals surface area contributed by atoms with Crippen molar-refractivity contribution in [1.82, 2.24) is 0 Å². The smallest absolute Gasteiger partial charge is 0.398 e. The Morgan fingerprint density at radius 3 is 2.46 bits per heavy atom. The molecule has 0 aromatic heterocycles. The number of halogens is 4. The Kier molecular flexibility index (Phi) is 7.32. The Balaban J connectivity index is 1.94. The van der Waals surface area contributed by atoms with Gasteiger partial charge in [-0.3, -0.25) is 0 Å². The fourth-order valence-corrected chi connectivity index (χ4v) is 2.73. The lowest BCUT2D eigenvalue weighted by atomic mass is 10.0. The molecule has 3 nitrogen and oxygen atoms in total. The molecule has 0 spiro atoms. The highest BCUT2D eigenvalue weighted by molar-refractivity contribution is 5.35. The summed E-state index contributed by atoms with van der Waals surface area (Å²) in [7, 11) is 0. The summed E-state index contributed by atoms with van der Waals surface area (Å²) in [6.07, 6.45) is 0.492.